The van der Waals surface area contributed by atoms with Crippen LogP contribution in [-0.4, -0.2) is 25.4 Å². The highest BCUT2D eigenvalue weighted by atomic mass is 19.1. The van der Waals surface area contributed by atoms with E-state index >= 15 is 0 Å². The number of aryl methyl sites for hydroxylation is 1. The smallest absolute Gasteiger partial charge is 0.330 e. The molecule has 2 aromatic heterocycles. The number of nitrogens with zero attached hydrogens (tertiary/aromatic N) is 3. The number of fused-ring (bicyclic) bond motifs is 1. The van der Waals surface area contributed by atoms with Gasteiger partial charge in [-0.2, -0.15) is 0 Å². The Morgan fingerprint density at radius 3 is 2.36 bits per heavy atom. The molecule has 132 valence electrons. The summed E-state index contributed by atoms with van der Waals surface area (Å²) in [5.41, 5.74) is -0.760. The Morgan fingerprint density at radius 2 is 1.76 bits per heavy atom. The van der Waals surface area contributed by atoms with Gasteiger partial charge in [-0.25, -0.2) is 9.18 Å². The number of hydrogen-bond donors (Lipinski definition) is 1. The molecule has 0 radical (unpaired) electrons. The van der Waals surface area contributed by atoms with Crippen LogP contribution in [0.15, 0.2) is 40.1 Å². The molecule has 2 heterocycles. The molecule has 0 aliphatic carbocycles. The van der Waals surface area contributed by atoms with E-state index in [2.05, 4.69) is 0 Å². The SMILES string of the molecule is Cn1c(=O)c2c(-c3ccccc3F)n(C(C)(C)CO)cc2n(C)c1=O. The van der Waals surface area contributed by atoms with E-state index in [-0.39, 0.29) is 17.6 Å². The second kappa shape index (κ2) is 5.70. The van der Waals surface area contributed by atoms with E-state index in [1.54, 1.807) is 49.9 Å². The van der Waals surface area contributed by atoms with Gasteiger partial charge in [0.05, 0.1) is 28.7 Å². The third-order valence-electron chi connectivity index (χ3n) is 4.61. The predicted molar refractivity (Wildman–Crippen MR) is 94.2 cm³/mol. The van der Waals surface area contributed by atoms with Crippen LogP contribution in [0.25, 0.3) is 22.2 Å². The molecule has 0 unspecified atom stereocenters. The zero-order valence-corrected chi connectivity index (χ0v) is 14.6. The first-order valence-electron chi connectivity index (χ1n) is 7.88. The van der Waals surface area contributed by atoms with Crippen LogP contribution in [0.3, 0.4) is 0 Å². The molecular weight excluding hydrogens is 325 g/mol. The molecule has 0 aliphatic rings. The Kier molecular flexibility index (Phi) is 3.91. The monoisotopic (exact) mass is 345 g/mol. The van der Waals surface area contributed by atoms with Gasteiger partial charge in [0.15, 0.2) is 0 Å². The van der Waals surface area contributed by atoms with Crippen LogP contribution in [-0.2, 0) is 19.6 Å². The van der Waals surface area contributed by atoms with Crippen LogP contribution in [0.1, 0.15) is 13.8 Å². The van der Waals surface area contributed by atoms with Gasteiger partial charge in [0.25, 0.3) is 5.56 Å². The number of benzene rings is 1. The zero-order valence-electron chi connectivity index (χ0n) is 14.6. The molecule has 0 amide bonds. The first-order chi connectivity index (χ1) is 11.7. The minimum absolute atomic E-state index is 0.219. The van der Waals surface area contributed by atoms with Crippen molar-refractivity contribution >= 4 is 10.9 Å². The summed E-state index contributed by atoms with van der Waals surface area (Å²) in [6.45, 7) is 3.33. The van der Waals surface area contributed by atoms with E-state index in [9.17, 15) is 19.1 Å². The van der Waals surface area contributed by atoms with Crippen molar-refractivity contribution in [2.45, 2.75) is 19.4 Å². The van der Waals surface area contributed by atoms with E-state index in [1.807, 2.05) is 0 Å². The second-order valence-electron chi connectivity index (χ2n) is 6.76. The molecule has 6 nitrogen and oxygen atoms in total. The molecule has 0 fully saturated rings. The lowest BCUT2D eigenvalue weighted by molar-refractivity contribution is 0.166. The Labute approximate surface area is 143 Å². The molecule has 0 atom stereocenters. The van der Waals surface area contributed by atoms with E-state index < -0.39 is 22.6 Å². The molecule has 3 aromatic rings. The first-order valence-corrected chi connectivity index (χ1v) is 7.88. The topological polar surface area (TPSA) is 69.2 Å². The standard InChI is InChI=1S/C18H20FN3O3/c1-18(2,10-23)22-9-13-14(16(24)21(4)17(25)20(13)3)15(22)11-7-5-6-8-12(11)19/h5-9,23H,10H2,1-4H3. The number of aromatic nitrogens is 3. The zero-order chi connectivity index (χ0) is 18.5. The van der Waals surface area contributed by atoms with E-state index in [4.69, 9.17) is 0 Å². The van der Waals surface area contributed by atoms with E-state index in [0.717, 1.165) is 4.57 Å². The fourth-order valence-corrected chi connectivity index (χ4v) is 3.01. The fourth-order valence-electron chi connectivity index (χ4n) is 3.01. The highest BCUT2D eigenvalue weighted by Crippen LogP contribution is 2.34. The quantitative estimate of drug-likeness (QED) is 0.783. The maximum atomic E-state index is 14.5. The molecule has 25 heavy (non-hydrogen) atoms. The van der Waals surface area contributed by atoms with Crippen molar-refractivity contribution in [3.05, 3.63) is 57.1 Å². The van der Waals surface area contributed by atoms with Gasteiger partial charge in [-0.15, -0.1) is 0 Å². The average Bonchev–Trinajstić information content (AvgIpc) is 3.00. The van der Waals surface area contributed by atoms with Gasteiger partial charge >= 0.3 is 5.69 Å². The lowest BCUT2D eigenvalue weighted by Gasteiger charge is -2.27. The van der Waals surface area contributed by atoms with Crippen molar-refractivity contribution in [3.8, 4) is 11.3 Å². The highest BCUT2D eigenvalue weighted by Gasteiger charge is 2.28. The van der Waals surface area contributed by atoms with Crippen LogP contribution >= 0.6 is 0 Å². The summed E-state index contributed by atoms with van der Waals surface area (Å²) in [4.78, 5) is 25.0. The number of aliphatic hydroxyl groups is 1. The predicted octanol–water partition coefficient (Wildman–Crippen LogP) is 1.57. The minimum atomic E-state index is -0.794. The molecule has 0 bridgehead atoms. The van der Waals surface area contributed by atoms with Crippen LogP contribution in [0.2, 0.25) is 0 Å². The van der Waals surface area contributed by atoms with Crippen LogP contribution in [0, 0.1) is 5.82 Å². The Morgan fingerprint density at radius 1 is 1.12 bits per heavy atom. The van der Waals surface area contributed by atoms with Gasteiger partial charge in [0, 0.05) is 25.9 Å². The summed E-state index contributed by atoms with van der Waals surface area (Å²) >= 11 is 0. The van der Waals surface area contributed by atoms with Gasteiger partial charge in [-0.3, -0.25) is 13.9 Å². The fraction of sp³-hybridized carbons (Fsp3) is 0.333. The van der Waals surface area contributed by atoms with Crippen molar-refractivity contribution in [2.75, 3.05) is 6.61 Å². The van der Waals surface area contributed by atoms with Crippen molar-refractivity contribution in [1.82, 2.24) is 13.7 Å². The Hall–Kier alpha value is -2.67. The molecule has 1 N–H and O–H groups in total. The summed E-state index contributed by atoms with van der Waals surface area (Å²) in [5.74, 6) is -0.478. The van der Waals surface area contributed by atoms with Crippen LogP contribution < -0.4 is 11.2 Å². The van der Waals surface area contributed by atoms with Crippen molar-refractivity contribution in [3.63, 3.8) is 0 Å². The van der Waals surface area contributed by atoms with Gasteiger partial charge in [-0.05, 0) is 26.0 Å². The molecule has 0 spiro atoms. The maximum absolute atomic E-state index is 14.5. The summed E-state index contributed by atoms with van der Waals surface area (Å²) in [6.07, 6.45) is 1.62. The van der Waals surface area contributed by atoms with Crippen LogP contribution in [0.5, 0.6) is 0 Å². The highest BCUT2D eigenvalue weighted by molar-refractivity contribution is 5.94. The third kappa shape index (κ3) is 2.42. The third-order valence-corrected chi connectivity index (χ3v) is 4.61. The van der Waals surface area contributed by atoms with E-state index in [1.165, 1.54) is 17.7 Å². The summed E-state index contributed by atoms with van der Waals surface area (Å²) in [7, 11) is 2.95. The minimum Gasteiger partial charge on any atom is -0.394 e. The molecular formula is C18H20FN3O3. The summed E-state index contributed by atoms with van der Waals surface area (Å²) < 4.78 is 18.5. The summed E-state index contributed by atoms with van der Waals surface area (Å²) in [6, 6.07) is 6.15. The first kappa shape index (κ1) is 17.2. The van der Waals surface area contributed by atoms with E-state index in [0.29, 0.717) is 11.2 Å². The molecule has 1 aromatic carbocycles. The molecule has 0 aliphatic heterocycles. The average molecular weight is 345 g/mol. The lowest BCUT2D eigenvalue weighted by Crippen LogP contribution is -2.36. The number of hydrogen-bond acceptors (Lipinski definition) is 3. The number of rotatable bonds is 3. The second-order valence-corrected chi connectivity index (χ2v) is 6.76. The summed E-state index contributed by atoms with van der Waals surface area (Å²) in [5, 5.41) is 10.0. The maximum Gasteiger partial charge on any atom is 0.330 e. The van der Waals surface area contributed by atoms with Gasteiger partial charge in [0.2, 0.25) is 0 Å². The number of halogens is 1. The molecule has 0 saturated heterocycles. The van der Waals surface area contributed by atoms with Crippen LogP contribution in [0.4, 0.5) is 4.39 Å². The van der Waals surface area contributed by atoms with Crippen molar-refractivity contribution in [2.24, 2.45) is 14.1 Å². The molecule has 3 rings (SSSR count). The molecule has 7 heteroatoms. The normalized spacial score (nSPS) is 12.1. The van der Waals surface area contributed by atoms with Gasteiger partial charge < -0.3 is 9.67 Å². The van der Waals surface area contributed by atoms with Crippen molar-refractivity contribution < 1.29 is 9.50 Å². The Bertz CT molecular complexity index is 1090. The largest absolute Gasteiger partial charge is 0.394 e. The van der Waals surface area contributed by atoms with Gasteiger partial charge in [-0.1, -0.05) is 12.1 Å². The Balaban J connectivity index is 2.61. The number of aliphatic hydroxyl groups excluding tert-OH is 1. The lowest BCUT2D eigenvalue weighted by atomic mass is 10.0. The van der Waals surface area contributed by atoms with Gasteiger partial charge in [0.1, 0.15) is 5.82 Å². The molecule has 0 saturated carbocycles. The van der Waals surface area contributed by atoms with Crippen molar-refractivity contribution in [1.29, 1.82) is 0 Å².